The van der Waals surface area contributed by atoms with Gasteiger partial charge in [-0.2, -0.15) is 0 Å². The van der Waals surface area contributed by atoms with Gasteiger partial charge in [0.15, 0.2) is 0 Å². The van der Waals surface area contributed by atoms with E-state index in [4.69, 9.17) is 0 Å². The van der Waals surface area contributed by atoms with E-state index < -0.39 is 5.82 Å². The lowest BCUT2D eigenvalue weighted by Crippen LogP contribution is -2.47. The van der Waals surface area contributed by atoms with E-state index in [9.17, 15) is 14.0 Å². The van der Waals surface area contributed by atoms with Gasteiger partial charge in [-0.25, -0.2) is 4.39 Å². The van der Waals surface area contributed by atoms with E-state index in [0.29, 0.717) is 25.4 Å². The van der Waals surface area contributed by atoms with Crippen LogP contribution in [-0.4, -0.2) is 45.3 Å². The topological polar surface area (TPSA) is 45.6 Å². The van der Waals surface area contributed by atoms with Crippen molar-refractivity contribution in [2.24, 2.45) is 13.0 Å². The van der Waals surface area contributed by atoms with Gasteiger partial charge in [-0.1, -0.05) is 26.8 Å². The molecule has 0 saturated carbocycles. The van der Waals surface area contributed by atoms with Crippen LogP contribution >= 0.6 is 0 Å². The number of hydrogen-bond donors (Lipinski definition) is 0. The van der Waals surface area contributed by atoms with E-state index in [1.807, 2.05) is 43.8 Å². The maximum Gasteiger partial charge on any atom is 0.254 e. The first-order valence-corrected chi connectivity index (χ1v) is 10.2. The lowest BCUT2D eigenvalue weighted by Gasteiger charge is -2.32. The fourth-order valence-corrected chi connectivity index (χ4v) is 3.23. The number of hydrogen-bond acceptors (Lipinski definition) is 2. The first-order chi connectivity index (χ1) is 13.7. The Balaban J connectivity index is 2.23. The Labute approximate surface area is 173 Å². The average Bonchev–Trinajstić information content (AvgIpc) is 3.08. The van der Waals surface area contributed by atoms with Crippen LogP contribution in [0.1, 0.15) is 50.2 Å². The molecule has 0 saturated heterocycles. The minimum absolute atomic E-state index is 0.0263. The average molecular weight is 402 g/mol. The summed E-state index contributed by atoms with van der Waals surface area (Å²) in [5.41, 5.74) is 1.29. The molecule has 0 aliphatic carbocycles. The first-order valence-electron chi connectivity index (χ1n) is 10.2. The van der Waals surface area contributed by atoms with Crippen LogP contribution in [0.4, 0.5) is 4.39 Å². The summed E-state index contributed by atoms with van der Waals surface area (Å²) >= 11 is 0. The summed E-state index contributed by atoms with van der Waals surface area (Å²) in [6.45, 7) is 9.08. The predicted molar refractivity (Wildman–Crippen MR) is 113 cm³/mol. The number of nitrogens with zero attached hydrogens (tertiary/aromatic N) is 3. The van der Waals surface area contributed by atoms with Crippen molar-refractivity contribution < 1.29 is 14.0 Å². The molecule has 1 unspecified atom stereocenters. The van der Waals surface area contributed by atoms with Gasteiger partial charge in [0.25, 0.3) is 5.91 Å². The van der Waals surface area contributed by atoms with Crippen LogP contribution in [0.15, 0.2) is 42.6 Å². The van der Waals surface area contributed by atoms with Gasteiger partial charge in [-0.3, -0.25) is 9.59 Å². The van der Waals surface area contributed by atoms with Crippen molar-refractivity contribution >= 4 is 11.8 Å². The minimum atomic E-state index is -0.462. The molecule has 158 valence electrons. The lowest BCUT2D eigenvalue weighted by molar-refractivity contribution is -0.133. The highest BCUT2D eigenvalue weighted by Gasteiger charge is 2.26. The molecule has 0 bridgehead atoms. The molecule has 2 amide bonds. The maximum atomic E-state index is 13.6. The summed E-state index contributed by atoms with van der Waals surface area (Å²) in [6.07, 6.45) is 2.66. The highest BCUT2D eigenvalue weighted by molar-refractivity contribution is 5.96. The Kier molecular flexibility index (Phi) is 8.00. The van der Waals surface area contributed by atoms with Crippen LogP contribution in [0.3, 0.4) is 0 Å². The number of amides is 2. The third-order valence-electron chi connectivity index (χ3n) is 5.10. The summed E-state index contributed by atoms with van der Waals surface area (Å²) in [7, 11) is 1.95. The minimum Gasteiger partial charge on any atom is -0.353 e. The molecule has 0 N–H and O–H groups in total. The van der Waals surface area contributed by atoms with Crippen LogP contribution in [0.5, 0.6) is 0 Å². The van der Waals surface area contributed by atoms with E-state index in [-0.39, 0.29) is 30.0 Å². The van der Waals surface area contributed by atoms with Gasteiger partial charge in [-0.05, 0) is 49.6 Å². The van der Waals surface area contributed by atoms with Crippen LogP contribution in [0.25, 0.3) is 0 Å². The molecule has 0 radical (unpaired) electrons. The third-order valence-corrected chi connectivity index (χ3v) is 5.10. The largest absolute Gasteiger partial charge is 0.353 e. The summed E-state index contributed by atoms with van der Waals surface area (Å²) < 4.78 is 15.6. The molecule has 1 aromatic carbocycles. The number of aromatic nitrogens is 1. The predicted octanol–water partition coefficient (Wildman–Crippen LogP) is 4.09. The lowest BCUT2D eigenvalue weighted by atomic mass is 10.1. The van der Waals surface area contributed by atoms with Gasteiger partial charge in [-0.15, -0.1) is 0 Å². The van der Waals surface area contributed by atoms with E-state index in [2.05, 4.69) is 13.8 Å². The van der Waals surface area contributed by atoms with Crippen LogP contribution in [-0.2, 0) is 18.4 Å². The van der Waals surface area contributed by atoms with Gasteiger partial charge >= 0.3 is 0 Å². The fraction of sp³-hybridized carbons (Fsp3) is 0.478. The van der Waals surface area contributed by atoms with Gasteiger partial charge in [0.2, 0.25) is 5.91 Å². The number of benzene rings is 1. The number of halogens is 1. The van der Waals surface area contributed by atoms with Crippen molar-refractivity contribution in [1.29, 1.82) is 0 Å². The zero-order valence-electron chi connectivity index (χ0n) is 18.1. The Morgan fingerprint density at radius 1 is 1.14 bits per heavy atom. The monoisotopic (exact) mass is 401 g/mol. The zero-order valence-corrected chi connectivity index (χ0v) is 18.1. The molecule has 0 spiro atoms. The van der Waals surface area contributed by atoms with Gasteiger partial charge in [0.05, 0.1) is 6.54 Å². The van der Waals surface area contributed by atoms with Crippen LogP contribution in [0, 0.1) is 11.7 Å². The number of aryl methyl sites for hydroxylation is 1. The van der Waals surface area contributed by atoms with E-state index in [1.165, 1.54) is 18.2 Å². The second-order valence-corrected chi connectivity index (χ2v) is 7.98. The molecule has 0 aliphatic rings. The maximum absolute atomic E-state index is 13.6. The van der Waals surface area contributed by atoms with Gasteiger partial charge in [0, 0.05) is 37.1 Å². The molecule has 6 heteroatoms. The molecule has 29 heavy (non-hydrogen) atoms. The molecule has 2 aromatic rings. The van der Waals surface area contributed by atoms with Crippen LogP contribution < -0.4 is 0 Å². The van der Waals surface area contributed by atoms with E-state index in [1.54, 1.807) is 15.9 Å². The summed E-state index contributed by atoms with van der Waals surface area (Å²) in [5, 5.41) is 0. The van der Waals surface area contributed by atoms with Crippen molar-refractivity contribution in [3.63, 3.8) is 0 Å². The number of carbonyl (C=O) groups is 2. The molecule has 0 aliphatic heterocycles. The smallest absolute Gasteiger partial charge is 0.254 e. The zero-order chi connectivity index (χ0) is 21.6. The second-order valence-electron chi connectivity index (χ2n) is 7.98. The molecule has 0 fully saturated rings. The molecule has 1 atom stereocenters. The normalized spacial score (nSPS) is 12.1. The van der Waals surface area contributed by atoms with Crippen molar-refractivity contribution in [1.82, 2.24) is 14.4 Å². The highest BCUT2D eigenvalue weighted by Crippen LogP contribution is 2.15. The molecule has 1 heterocycles. The van der Waals surface area contributed by atoms with Crippen molar-refractivity contribution in [3.8, 4) is 0 Å². The fourth-order valence-electron chi connectivity index (χ4n) is 3.23. The molecule has 2 rings (SSSR count). The van der Waals surface area contributed by atoms with Crippen molar-refractivity contribution in [2.75, 3.05) is 13.1 Å². The first kappa shape index (κ1) is 22.7. The standard InChI is InChI=1S/C23H32FN3O2/c1-6-18(4)27(23(29)19-9-7-10-20(24)13-19)16-22(28)26(14-17(2)3)15-21-11-8-12-25(21)5/h7-13,17-18H,6,14-16H2,1-5H3. The second kappa shape index (κ2) is 10.2. The third kappa shape index (κ3) is 6.17. The Bertz CT molecular complexity index is 831. The summed E-state index contributed by atoms with van der Waals surface area (Å²) in [5.74, 6) is -0.591. The Morgan fingerprint density at radius 3 is 2.41 bits per heavy atom. The van der Waals surface area contributed by atoms with Crippen molar-refractivity contribution in [3.05, 3.63) is 59.7 Å². The summed E-state index contributed by atoms with van der Waals surface area (Å²) in [4.78, 5) is 29.6. The molecular formula is C23H32FN3O2. The van der Waals surface area contributed by atoms with Crippen LogP contribution in [0.2, 0.25) is 0 Å². The SMILES string of the molecule is CCC(C)N(CC(=O)N(Cc1cccn1C)CC(C)C)C(=O)c1cccc(F)c1. The Morgan fingerprint density at radius 2 is 1.86 bits per heavy atom. The molecular weight excluding hydrogens is 369 g/mol. The van der Waals surface area contributed by atoms with Crippen molar-refractivity contribution in [2.45, 2.75) is 46.7 Å². The Hall–Kier alpha value is -2.63. The summed E-state index contributed by atoms with van der Waals surface area (Å²) in [6, 6.07) is 9.43. The van der Waals surface area contributed by atoms with E-state index >= 15 is 0 Å². The number of carbonyl (C=O) groups excluding carboxylic acids is 2. The number of rotatable bonds is 9. The molecule has 5 nitrogen and oxygen atoms in total. The quantitative estimate of drug-likeness (QED) is 0.635. The van der Waals surface area contributed by atoms with E-state index in [0.717, 1.165) is 5.69 Å². The molecule has 1 aromatic heterocycles. The van der Waals surface area contributed by atoms with Gasteiger partial charge in [0.1, 0.15) is 12.4 Å². The van der Waals surface area contributed by atoms with Gasteiger partial charge < -0.3 is 14.4 Å². The highest BCUT2D eigenvalue weighted by atomic mass is 19.1.